The monoisotopic (exact) mass is 411 g/mol. The molecule has 2 fully saturated rings. The molecule has 2 aromatic carbocycles. The van der Waals surface area contributed by atoms with Crippen molar-refractivity contribution in [3.05, 3.63) is 48.5 Å². The predicted molar refractivity (Wildman–Crippen MR) is 116 cm³/mol. The Kier molecular flexibility index (Phi) is 5.39. The van der Waals surface area contributed by atoms with E-state index in [2.05, 4.69) is 26.0 Å². The van der Waals surface area contributed by atoms with Crippen molar-refractivity contribution < 1.29 is 8.78 Å². The number of piperidine rings is 1. The summed E-state index contributed by atoms with van der Waals surface area (Å²) in [6.45, 7) is 3.57. The van der Waals surface area contributed by atoms with E-state index in [0.717, 1.165) is 42.0 Å². The van der Waals surface area contributed by atoms with Crippen LogP contribution in [-0.4, -0.2) is 58.8 Å². The molecule has 3 aromatic rings. The molecule has 0 spiro atoms. The summed E-state index contributed by atoms with van der Waals surface area (Å²) in [7, 11) is 0. The normalized spacial score (nSPS) is 19.1. The first-order chi connectivity index (χ1) is 14.7. The van der Waals surface area contributed by atoms with Crippen molar-refractivity contribution in [2.24, 2.45) is 0 Å². The molecule has 0 atom stereocenters. The first-order valence-corrected chi connectivity index (χ1v) is 10.8. The summed E-state index contributed by atoms with van der Waals surface area (Å²) in [4.78, 5) is 6.86. The molecule has 0 radical (unpaired) electrons. The van der Waals surface area contributed by atoms with Crippen molar-refractivity contribution in [1.29, 1.82) is 0 Å². The molecule has 5 nitrogen and oxygen atoms in total. The van der Waals surface area contributed by atoms with Gasteiger partial charge in [-0.25, -0.2) is 15.0 Å². The van der Waals surface area contributed by atoms with Gasteiger partial charge in [-0.2, -0.15) is 8.78 Å². The van der Waals surface area contributed by atoms with E-state index >= 15 is 0 Å². The summed E-state index contributed by atoms with van der Waals surface area (Å²) in [5.74, 6) is 0.319. The maximum absolute atomic E-state index is 13.9. The van der Waals surface area contributed by atoms with Gasteiger partial charge in [0.05, 0.1) is 11.0 Å². The lowest BCUT2D eigenvalue weighted by Gasteiger charge is -2.43. The highest BCUT2D eigenvalue weighted by Gasteiger charge is 2.24. The minimum Gasteiger partial charge on any atom is -0.369 e. The Morgan fingerprint density at radius 3 is 2.27 bits per heavy atom. The zero-order chi connectivity index (χ0) is 20.5. The number of benzene rings is 2. The van der Waals surface area contributed by atoms with Gasteiger partial charge < -0.3 is 4.90 Å². The minimum absolute atomic E-state index is 0.319. The lowest BCUT2D eigenvalue weighted by Crippen LogP contribution is -2.55. The standard InChI is InChI=1S/C23H27F2N5/c24-23(25)30-21-10-3-2-9-20(21)26-22(30)18-7-6-8-19(17-18)27-13-15-29(16-14-27)28-11-4-1-5-12-28/h2-3,6-10,17,23H,1,4-5,11-16H2. The zero-order valence-electron chi connectivity index (χ0n) is 17.1. The highest BCUT2D eigenvalue weighted by atomic mass is 19.3. The van der Waals surface area contributed by atoms with Gasteiger partial charge in [-0.1, -0.05) is 30.7 Å². The molecule has 2 aliphatic heterocycles. The molecule has 0 bridgehead atoms. The molecule has 158 valence electrons. The quantitative estimate of drug-likeness (QED) is 0.626. The third-order valence-corrected chi connectivity index (χ3v) is 6.25. The number of imidazole rings is 1. The van der Waals surface area contributed by atoms with Crippen LogP contribution in [0.2, 0.25) is 0 Å². The summed E-state index contributed by atoms with van der Waals surface area (Å²) < 4.78 is 28.7. The molecule has 7 heteroatoms. The number of alkyl halides is 2. The van der Waals surface area contributed by atoms with Gasteiger partial charge >= 0.3 is 6.55 Å². The molecular formula is C23H27F2N5. The molecule has 3 heterocycles. The van der Waals surface area contributed by atoms with E-state index in [4.69, 9.17) is 0 Å². The van der Waals surface area contributed by atoms with Crippen molar-refractivity contribution in [2.45, 2.75) is 25.8 Å². The number of anilines is 1. The van der Waals surface area contributed by atoms with Crippen molar-refractivity contribution in [1.82, 2.24) is 19.6 Å². The second-order valence-electron chi connectivity index (χ2n) is 8.08. The summed E-state index contributed by atoms with van der Waals surface area (Å²) in [6, 6.07) is 14.9. The van der Waals surface area contributed by atoms with E-state index in [1.165, 1.54) is 32.4 Å². The van der Waals surface area contributed by atoms with Crippen LogP contribution in [0.4, 0.5) is 14.5 Å². The van der Waals surface area contributed by atoms with E-state index in [0.29, 0.717) is 16.9 Å². The number of fused-ring (bicyclic) bond motifs is 1. The summed E-state index contributed by atoms with van der Waals surface area (Å²) in [5, 5.41) is 4.98. The van der Waals surface area contributed by atoms with Crippen LogP contribution in [0.5, 0.6) is 0 Å². The fourth-order valence-corrected chi connectivity index (χ4v) is 4.68. The van der Waals surface area contributed by atoms with Gasteiger partial charge in [-0.05, 0) is 37.1 Å². The fourth-order valence-electron chi connectivity index (χ4n) is 4.68. The van der Waals surface area contributed by atoms with Gasteiger partial charge in [0, 0.05) is 50.5 Å². The Labute approximate surface area is 175 Å². The van der Waals surface area contributed by atoms with E-state index < -0.39 is 6.55 Å². The van der Waals surface area contributed by atoms with Crippen LogP contribution in [0.1, 0.15) is 25.8 Å². The molecule has 5 rings (SSSR count). The van der Waals surface area contributed by atoms with E-state index in [1.54, 1.807) is 18.2 Å². The average Bonchev–Trinajstić information content (AvgIpc) is 3.20. The van der Waals surface area contributed by atoms with Crippen molar-refractivity contribution in [3.63, 3.8) is 0 Å². The van der Waals surface area contributed by atoms with Gasteiger partial charge in [0.25, 0.3) is 0 Å². The number of nitrogens with zero attached hydrogens (tertiary/aromatic N) is 5. The maximum atomic E-state index is 13.9. The van der Waals surface area contributed by atoms with Gasteiger partial charge in [-0.3, -0.25) is 4.57 Å². The highest BCUT2D eigenvalue weighted by Crippen LogP contribution is 2.32. The van der Waals surface area contributed by atoms with Gasteiger partial charge in [0.1, 0.15) is 5.82 Å². The van der Waals surface area contributed by atoms with Gasteiger partial charge in [0.15, 0.2) is 0 Å². The van der Waals surface area contributed by atoms with E-state index in [9.17, 15) is 8.78 Å². The molecule has 2 aliphatic rings. The van der Waals surface area contributed by atoms with Gasteiger partial charge in [-0.15, -0.1) is 0 Å². The summed E-state index contributed by atoms with van der Waals surface area (Å²) in [5.41, 5.74) is 2.84. The van der Waals surface area contributed by atoms with Gasteiger partial charge in [0.2, 0.25) is 0 Å². The third-order valence-electron chi connectivity index (χ3n) is 6.25. The molecule has 0 aliphatic carbocycles. The number of halogens is 2. The lowest BCUT2D eigenvalue weighted by molar-refractivity contribution is -0.0427. The molecule has 1 aromatic heterocycles. The van der Waals surface area contributed by atoms with Crippen LogP contribution in [-0.2, 0) is 0 Å². The second-order valence-corrected chi connectivity index (χ2v) is 8.08. The molecule has 0 N–H and O–H groups in total. The van der Waals surface area contributed by atoms with Crippen molar-refractivity contribution in [2.75, 3.05) is 44.2 Å². The van der Waals surface area contributed by atoms with E-state index in [1.807, 2.05) is 24.3 Å². The molecular weight excluding hydrogens is 384 g/mol. The first-order valence-electron chi connectivity index (χ1n) is 10.8. The Balaban J connectivity index is 1.38. The number of para-hydroxylation sites is 2. The highest BCUT2D eigenvalue weighted by molar-refractivity contribution is 5.81. The maximum Gasteiger partial charge on any atom is 0.320 e. The molecule has 0 amide bonds. The number of aromatic nitrogens is 2. The Bertz CT molecular complexity index is 1000. The largest absolute Gasteiger partial charge is 0.369 e. The molecule has 0 unspecified atom stereocenters. The number of rotatable bonds is 4. The predicted octanol–water partition coefficient (Wildman–Crippen LogP) is 4.62. The zero-order valence-corrected chi connectivity index (χ0v) is 17.1. The third kappa shape index (κ3) is 3.68. The summed E-state index contributed by atoms with van der Waals surface area (Å²) in [6.07, 6.45) is 3.91. The lowest BCUT2D eigenvalue weighted by atomic mass is 10.1. The smallest absolute Gasteiger partial charge is 0.320 e. The molecule has 30 heavy (non-hydrogen) atoms. The van der Waals surface area contributed by atoms with Crippen LogP contribution in [0.3, 0.4) is 0 Å². The first kappa shape index (κ1) is 19.5. The average molecular weight is 412 g/mol. The van der Waals surface area contributed by atoms with Crippen LogP contribution >= 0.6 is 0 Å². The number of piperazine rings is 1. The molecule has 0 saturated carbocycles. The van der Waals surface area contributed by atoms with Crippen LogP contribution in [0.15, 0.2) is 48.5 Å². The Morgan fingerprint density at radius 1 is 0.767 bits per heavy atom. The Hall–Kier alpha value is -2.51. The van der Waals surface area contributed by atoms with Crippen LogP contribution in [0, 0.1) is 0 Å². The topological polar surface area (TPSA) is 27.5 Å². The van der Waals surface area contributed by atoms with Crippen molar-refractivity contribution >= 4 is 16.7 Å². The minimum atomic E-state index is -2.64. The number of hydrogen-bond donors (Lipinski definition) is 0. The summed E-state index contributed by atoms with van der Waals surface area (Å²) >= 11 is 0. The SMILES string of the molecule is FC(F)n1c(-c2cccc(N3CCN(N4CCCCC4)CC3)c2)nc2ccccc21. The number of hydrogen-bond acceptors (Lipinski definition) is 4. The van der Waals surface area contributed by atoms with Crippen LogP contribution in [0.25, 0.3) is 22.4 Å². The van der Waals surface area contributed by atoms with E-state index in [-0.39, 0.29) is 0 Å². The second kappa shape index (κ2) is 8.32. The van der Waals surface area contributed by atoms with Crippen molar-refractivity contribution in [3.8, 4) is 11.4 Å². The Morgan fingerprint density at radius 2 is 1.50 bits per heavy atom. The number of hydrazine groups is 1. The fraction of sp³-hybridized carbons (Fsp3) is 0.435. The van der Waals surface area contributed by atoms with Crippen LogP contribution < -0.4 is 4.90 Å². The molecule has 2 saturated heterocycles.